The highest BCUT2D eigenvalue weighted by Gasteiger charge is 2.16. The molecule has 0 bridgehead atoms. The van der Waals surface area contributed by atoms with Crippen LogP contribution < -0.4 is 10.0 Å². The standard InChI is InChI=1S/C14H26N2O3S2/c1-4-5-9-19-10-8-16-21(17,18)14-7-6-13(20-14)11-15-12(2)3/h6-7,12,15-16H,4-5,8-11H2,1-3H3. The van der Waals surface area contributed by atoms with Crippen LogP contribution in [0.3, 0.4) is 0 Å². The Morgan fingerprint density at radius 2 is 2.05 bits per heavy atom. The number of thiophene rings is 1. The average Bonchev–Trinajstić information content (AvgIpc) is 2.90. The van der Waals surface area contributed by atoms with E-state index in [0.717, 1.165) is 17.7 Å². The lowest BCUT2D eigenvalue weighted by molar-refractivity contribution is 0.136. The van der Waals surface area contributed by atoms with Crippen LogP contribution in [0.5, 0.6) is 0 Å². The smallest absolute Gasteiger partial charge is 0.250 e. The maximum atomic E-state index is 12.1. The lowest BCUT2D eigenvalue weighted by Gasteiger charge is -2.06. The van der Waals surface area contributed by atoms with Crippen molar-refractivity contribution in [1.29, 1.82) is 0 Å². The fraction of sp³-hybridized carbons (Fsp3) is 0.714. The molecule has 122 valence electrons. The molecule has 0 aliphatic carbocycles. The van der Waals surface area contributed by atoms with E-state index in [-0.39, 0.29) is 0 Å². The zero-order valence-corrected chi connectivity index (χ0v) is 14.6. The predicted octanol–water partition coefficient (Wildman–Crippen LogP) is 2.34. The van der Waals surface area contributed by atoms with Crippen LogP contribution in [0.2, 0.25) is 0 Å². The summed E-state index contributed by atoms with van der Waals surface area (Å²) in [7, 11) is -3.41. The van der Waals surface area contributed by atoms with E-state index >= 15 is 0 Å². The van der Waals surface area contributed by atoms with Gasteiger partial charge < -0.3 is 10.1 Å². The van der Waals surface area contributed by atoms with Crippen LogP contribution in [0.25, 0.3) is 0 Å². The van der Waals surface area contributed by atoms with Crippen LogP contribution >= 0.6 is 11.3 Å². The van der Waals surface area contributed by atoms with E-state index in [1.807, 2.05) is 6.07 Å². The molecule has 0 aliphatic heterocycles. The lowest BCUT2D eigenvalue weighted by Crippen LogP contribution is -2.27. The monoisotopic (exact) mass is 334 g/mol. The van der Waals surface area contributed by atoms with Crippen molar-refractivity contribution >= 4 is 21.4 Å². The summed E-state index contributed by atoms with van der Waals surface area (Å²) in [5, 5.41) is 3.27. The molecular formula is C14H26N2O3S2. The number of ether oxygens (including phenoxy) is 1. The molecule has 1 aromatic heterocycles. The molecule has 0 fully saturated rings. The third-order valence-corrected chi connectivity index (χ3v) is 5.81. The van der Waals surface area contributed by atoms with Crippen LogP contribution in [0.1, 0.15) is 38.5 Å². The van der Waals surface area contributed by atoms with Crippen molar-refractivity contribution in [3.05, 3.63) is 17.0 Å². The van der Waals surface area contributed by atoms with Gasteiger partial charge in [0, 0.05) is 30.6 Å². The number of sulfonamides is 1. The summed E-state index contributed by atoms with van der Waals surface area (Å²) in [6.07, 6.45) is 2.08. The zero-order valence-electron chi connectivity index (χ0n) is 13.0. The highest BCUT2D eigenvalue weighted by atomic mass is 32.2. The fourth-order valence-corrected chi connectivity index (χ4v) is 3.93. The van der Waals surface area contributed by atoms with Gasteiger partial charge in [0.15, 0.2) is 0 Å². The summed E-state index contributed by atoms with van der Waals surface area (Å²) in [5.74, 6) is 0. The molecule has 0 amide bonds. The number of nitrogens with one attached hydrogen (secondary N) is 2. The number of hydrogen-bond acceptors (Lipinski definition) is 5. The van der Waals surface area contributed by atoms with Gasteiger partial charge in [-0.15, -0.1) is 11.3 Å². The Labute approximate surface area is 132 Å². The van der Waals surface area contributed by atoms with E-state index in [2.05, 4.69) is 30.8 Å². The third-order valence-electron chi connectivity index (χ3n) is 2.77. The summed E-state index contributed by atoms with van der Waals surface area (Å²) in [6.45, 7) is 8.31. The highest BCUT2D eigenvalue weighted by Crippen LogP contribution is 2.21. The van der Waals surface area contributed by atoms with Gasteiger partial charge in [0.2, 0.25) is 10.0 Å². The molecule has 0 spiro atoms. The Hall–Kier alpha value is -0.470. The molecule has 21 heavy (non-hydrogen) atoms. The minimum Gasteiger partial charge on any atom is -0.380 e. The first-order valence-electron chi connectivity index (χ1n) is 7.35. The van der Waals surface area contributed by atoms with Crippen LogP contribution in [0.15, 0.2) is 16.3 Å². The number of rotatable bonds is 11. The summed E-state index contributed by atoms with van der Waals surface area (Å²) in [5.41, 5.74) is 0. The molecule has 0 unspecified atom stereocenters. The normalized spacial score (nSPS) is 12.2. The number of hydrogen-bond donors (Lipinski definition) is 2. The van der Waals surface area contributed by atoms with Gasteiger partial charge in [0.1, 0.15) is 4.21 Å². The minimum absolute atomic E-state index is 0.309. The first-order chi connectivity index (χ1) is 9.95. The van der Waals surface area contributed by atoms with Crippen LogP contribution in [-0.4, -0.2) is 34.2 Å². The van der Waals surface area contributed by atoms with Crippen molar-refractivity contribution < 1.29 is 13.2 Å². The summed E-state index contributed by atoms with van der Waals surface area (Å²) >= 11 is 1.30. The molecule has 1 aromatic rings. The van der Waals surface area contributed by atoms with Crippen molar-refractivity contribution in [1.82, 2.24) is 10.0 Å². The van der Waals surface area contributed by atoms with E-state index in [4.69, 9.17) is 4.74 Å². The third kappa shape index (κ3) is 7.37. The quantitative estimate of drug-likeness (QED) is 0.610. The molecule has 2 N–H and O–H groups in total. The van der Waals surface area contributed by atoms with Gasteiger partial charge in [0.25, 0.3) is 0 Å². The topological polar surface area (TPSA) is 67.4 Å². The Morgan fingerprint density at radius 3 is 2.71 bits per heavy atom. The predicted molar refractivity (Wildman–Crippen MR) is 87.2 cm³/mol. The van der Waals surface area contributed by atoms with Crippen molar-refractivity contribution in [3.8, 4) is 0 Å². The van der Waals surface area contributed by atoms with Crippen molar-refractivity contribution in [3.63, 3.8) is 0 Å². The maximum Gasteiger partial charge on any atom is 0.250 e. The highest BCUT2D eigenvalue weighted by molar-refractivity contribution is 7.91. The zero-order chi connectivity index (χ0) is 15.7. The Bertz CT molecular complexity index is 498. The first-order valence-corrected chi connectivity index (χ1v) is 9.65. The molecule has 1 heterocycles. The average molecular weight is 335 g/mol. The largest absolute Gasteiger partial charge is 0.380 e. The summed E-state index contributed by atoms with van der Waals surface area (Å²) in [4.78, 5) is 1.02. The van der Waals surface area contributed by atoms with Crippen LogP contribution in [-0.2, 0) is 21.3 Å². The van der Waals surface area contributed by atoms with E-state index in [1.165, 1.54) is 11.3 Å². The van der Waals surface area contributed by atoms with Gasteiger partial charge in [-0.3, -0.25) is 0 Å². The van der Waals surface area contributed by atoms with Crippen LogP contribution in [0.4, 0.5) is 0 Å². The number of unbranched alkanes of at least 4 members (excludes halogenated alkanes) is 1. The van der Waals surface area contributed by atoms with Gasteiger partial charge in [-0.1, -0.05) is 27.2 Å². The molecule has 0 aromatic carbocycles. The first kappa shape index (κ1) is 18.6. The van der Waals surface area contributed by atoms with E-state index in [9.17, 15) is 8.42 Å². The second kappa shape index (κ2) is 9.53. The summed E-state index contributed by atoms with van der Waals surface area (Å²) < 4.78 is 32.5. The molecular weight excluding hydrogens is 308 g/mol. The molecule has 0 saturated carbocycles. The Balaban J connectivity index is 2.40. The Kier molecular flexibility index (Phi) is 8.43. The van der Waals surface area contributed by atoms with Gasteiger partial charge in [-0.2, -0.15) is 0 Å². The Morgan fingerprint density at radius 1 is 1.29 bits per heavy atom. The fourth-order valence-electron chi connectivity index (χ4n) is 1.57. The van der Waals surface area contributed by atoms with Crippen molar-refractivity contribution in [2.45, 2.75) is 50.4 Å². The molecule has 0 saturated heterocycles. The van der Waals surface area contributed by atoms with Crippen molar-refractivity contribution in [2.24, 2.45) is 0 Å². The van der Waals surface area contributed by atoms with E-state index < -0.39 is 10.0 Å². The minimum atomic E-state index is -3.41. The lowest BCUT2D eigenvalue weighted by atomic mass is 10.4. The van der Waals surface area contributed by atoms with Crippen molar-refractivity contribution in [2.75, 3.05) is 19.8 Å². The molecule has 0 radical (unpaired) electrons. The molecule has 0 aliphatic rings. The molecule has 1 rings (SSSR count). The van der Waals surface area contributed by atoms with Gasteiger partial charge in [0.05, 0.1) is 6.61 Å². The van der Waals surface area contributed by atoms with Gasteiger partial charge in [-0.05, 0) is 18.6 Å². The van der Waals surface area contributed by atoms with Gasteiger partial charge >= 0.3 is 0 Å². The van der Waals surface area contributed by atoms with E-state index in [1.54, 1.807) is 6.07 Å². The van der Waals surface area contributed by atoms with Crippen LogP contribution in [0, 0.1) is 0 Å². The van der Waals surface area contributed by atoms with E-state index in [0.29, 0.717) is 36.6 Å². The molecule has 7 heteroatoms. The maximum absolute atomic E-state index is 12.1. The second-order valence-corrected chi connectivity index (χ2v) is 8.28. The van der Waals surface area contributed by atoms with Gasteiger partial charge in [-0.25, -0.2) is 13.1 Å². The molecule has 0 atom stereocenters. The summed E-state index contributed by atoms with van der Waals surface area (Å²) in [6, 6.07) is 3.89. The SMILES string of the molecule is CCCCOCCNS(=O)(=O)c1ccc(CNC(C)C)s1. The molecule has 5 nitrogen and oxygen atoms in total. The second-order valence-electron chi connectivity index (χ2n) is 5.12.